The molecule has 0 aliphatic heterocycles. The maximum Gasteiger partial charge on any atom is 0.161 e. The predicted octanol–water partition coefficient (Wildman–Crippen LogP) is 6.42. The van der Waals surface area contributed by atoms with Gasteiger partial charge in [-0.05, 0) is 66.6 Å². The average Bonchev–Trinajstić information content (AvgIpc) is 2.68. The van der Waals surface area contributed by atoms with E-state index in [0.29, 0.717) is 34.8 Å². The van der Waals surface area contributed by atoms with Crippen molar-refractivity contribution in [3.8, 4) is 11.5 Å². The number of rotatable bonds is 8. The van der Waals surface area contributed by atoms with E-state index in [1.54, 1.807) is 12.3 Å². The van der Waals surface area contributed by atoms with Crippen molar-refractivity contribution >= 4 is 35.1 Å². The fourth-order valence-electron chi connectivity index (χ4n) is 2.52. The highest BCUT2D eigenvalue weighted by atomic mass is 35.5. The van der Waals surface area contributed by atoms with Gasteiger partial charge < -0.3 is 9.47 Å². The standard InChI is InChI=1S/C22H20Cl2N2O2/c1-2-27-22-12-16(14-25-26-20-8-4-7-19(24)13-20)9-10-21(22)28-15-17-5-3-6-18(23)11-17/h3-14,26H,2,15H2,1H3. The number of anilines is 1. The third-order valence-corrected chi connectivity index (χ3v) is 4.25. The number of hydrogen-bond acceptors (Lipinski definition) is 4. The summed E-state index contributed by atoms with van der Waals surface area (Å²) in [5.74, 6) is 1.33. The van der Waals surface area contributed by atoms with Gasteiger partial charge in [0.1, 0.15) is 6.61 Å². The zero-order valence-corrected chi connectivity index (χ0v) is 16.9. The Morgan fingerprint density at radius 1 is 0.893 bits per heavy atom. The van der Waals surface area contributed by atoms with Gasteiger partial charge in [0.05, 0.1) is 18.5 Å². The average molecular weight is 415 g/mol. The molecule has 0 heterocycles. The molecule has 144 valence electrons. The van der Waals surface area contributed by atoms with E-state index >= 15 is 0 Å². The second-order valence-electron chi connectivity index (χ2n) is 5.94. The van der Waals surface area contributed by atoms with Crippen LogP contribution in [0.3, 0.4) is 0 Å². The molecule has 3 rings (SSSR count). The Hall–Kier alpha value is -2.69. The first-order valence-electron chi connectivity index (χ1n) is 8.83. The predicted molar refractivity (Wildman–Crippen MR) is 116 cm³/mol. The zero-order valence-electron chi connectivity index (χ0n) is 15.4. The van der Waals surface area contributed by atoms with E-state index in [4.69, 9.17) is 32.7 Å². The number of nitrogens with zero attached hydrogens (tertiary/aromatic N) is 1. The van der Waals surface area contributed by atoms with Crippen molar-refractivity contribution in [2.45, 2.75) is 13.5 Å². The van der Waals surface area contributed by atoms with Gasteiger partial charge in [0.25, 0.3) is 0 Å². The molecule has 0 spiro atoms. The highest BCUT2D eigenvalue weighted by Crippen LogP contribution is 2.29. The largest absolute Gasteiger partial charge is 0.490 e. The Balaban J connectivity index is 1.68. The minimum Gasteiger partial charge on any atom is -0.490 e. The Morgan fingerprint density at radius 3 is 2.43 bits per heavy atom. The van der Waals surface area contributed by atoms with E-state index in [-0.39, 0.29) is 0 Å². The number of hydrogen-bond donors (Lipinski definition) is 1. The van der Waals surface area contributed by atoms with E-state index in [9.17, 15) is 0 Å². The van der Waals surface area contributed by atoms with E-state index in [0.717, 1.165) is 16.8 Å². The van der Waals surface area contributed by atoms with Crippen LogP contribution in [0, 0.1) is 0 Å². The zero-order chi connectivity index (χ0) is 19.8. The first-order chi connectivity index (χ1) is 13.6. The molecule has 0 saturated carbocycles. The van der Waals surface area contributed by atoms with Gasteiger partial charge in [0.2, 0.25) is 0 Å². The van der Waals surface area contributed by atoms with Crippen LogP contribution in [0.5, 0.6) is 11.5 Å². The van der Waals surface area contributed by atoms with E-state index in [1.165, 1.54) is 0 Å². The summed E-state index contributed by atoms with van der Waals surface area (Å²) in [6.45, 7) is 2.88. The minimum atomic E-state index is 0.407. The van der Waals surface area contributed by atoms with Gasteiger partial charge in [-0.2, -0.15) is 5.10 Å². The Labute approximate surface area is 174 Å². The van der Waals surface area contributed by atoms with Crippen molar-refractivity contribution in [2.24, 2.45) is 5.10 Å². The highest BCUT2D eigenvalue weighted by Gasteiger charge is 2.07. The van der Waals surface area contributed by atoms with Gasteiger partial charge >= 0.3 is 0 Å². The molecule has 3 aromatic carbocycles. The summed E-state index contributed by atoms with van der Waals surface area (Å²) in [4.78, 5) is 0. The summed E-state index contributed by atoms with van der Waals surface area (Å²) in [5.41, 5.74) is 5.64. The molecule has 0 atom stereocenters. The van der Waals surface area contributed by atoms with Crippen LogP contribution in [0.1, 0.15) is 18.1 Å². The molecule has 0 radical (unpaired) electrons. The van der Waals surface area contributed by atoms with Gasteiger partial charge in [-0.1, -0.05) is 41.4 Å². The van der Waals surface area contributed by atoms with Crippen molar-refractivity contribution in [1.82, 2.24) is 0 Å². The van der Waals surface area contributed by atoms with Crippen LogP contribution < -0.4 is 14.9 Å². The maximum absolute atomic E-state index is 6.02. The third kappa shape index (κ3) is 5.91. The molecule has 0 unspecified atom stereocenters. The van der Waals surface area contributed by atoms with Gasteiger partial charge in [-0.3, -0.25) is 5.43 Å². The van der Waals surface area contributed by atoms with E-state index < -0.39 is 0 Å². The Morgan fingerprint density at radius 2 is 1.68 bits per heavy atom. The van der Waals surface area contributed by atoms with E-state index in [2.05, 4.69) is 10.5 Å². The summed E-state index contributed by atoms with van der Waals surface area (Å²) in [6.07, 6.45) is 1.71. The molecule has 0 aromatic heterocycles. The topological polar surface area (TPSA) is 42.8 Å². The Bertz CT molecular complexity index is 961. The van der Waals surface area contributed by atoms with Crippen LogP contribution in [0.2, 0.25) is 10.0 Å². The molecule has 1 N–H and O–H groups in total. The lowest BCUT2D eigenvalue weighted by Crippen LogP contribution is -2.00. The van der Waals surface area contributed by atoms with Gasteiger partial charge in [0, 0.05) is 10.0 Å². The van der Waals surface area contributed by atoms with Crippen LogP contribution in [0.25, 0.3) is 0 Å². The first kappa shape index (κ1) is 20.1. The lowest BCUT2D eigenvalue weighted by molar-refractivity contribution is 0.269. The number of hydrazone groups is 1. The number of nitrogens with one attached hydrogen (secondary N) is 1. The van der Waals surface area contributed by atoms with Crippen molar-refractivity contribution in [2.75, 3.05) is 12.0 Å². The quantitative estimate of drug-likeness (QED) is 0.341. The molecule has 0 amide bonds. The molecule has 3 aromatic rings. The van der Waals surface area contributed by atoms with Crippen molar-refractivity contribution < 1.29 is 9.47 Å². The minimum absolute atomic E-state index is 0.407. The second-order valence-corrected chi connectivity index (χ2v) is 6.81. The smallest absolute Gasteiger partial charge is 0.161 e. The molecule has 0 aliphatic carbocycles. The molecular formula is C22H20Cl2N2O2. The third-order valence-electron chi connectivity index (χ3n) is 3.78. The summed E-state index contributed by atoms with van der Waals surface area (Å²) in [7, 11) is 0. The van der Waals surface area contributed by atoms with Crippen LogP contribution in [-0.2, 0) is 6.61 Å². The number of benzene rings is 3. The fraction of sp³-hybridized carbons (Fsp3) is 0.136. The molecule has 0 aliphatic rings. The summed E-state index contributed by atoms with van der Waals surface area (Å²) in [5, 5.41) is 5.58. The normalized spacial score (nSPS) is 10.8. The van der Waals surface area contributed by atoms with Crippen molar-refractivity contribution in [3.05, 3.63) is 87.9 Å². The summed E-state index contributed by atoms with van der Waals surface area (Å²) < 4.78 is 11.6. The monoisotopic (exact) mass is 414 g/mol. The van der Waals surface area contributed by atoms with Gasteiger partial charge in [-0.25, -0.2) is 0 Å². The van der Waals surface area contributed by atoms with Crippen LogP contribution in [-0.4, -0.2) is 12.8 Å². The lowest BCUT2D eigenvalue weighted by atomic mass is 10.2. The van der Waals surface area contributed by atoms with Gasteiger partial charge in [-0.15, -0.1) is 0 Å². The van der Waals surface area contributed by atoms with Gasteiger partial charge in [0.15, 0.2) is 11.5 Å². The highest BCUT2D eigenvalue weighted by molar-refractivity contribution is 6.31. The van der Waals surface area contributed by atoms with E-state index in [1.807, 2.05) is 67.6 Å². The second kappa shape index (κ2) is 10.0. The molecular weight excluding hydrogens is 395 g/mol. The SMILES string of the molecule is CCOc1cc(C=NNc2cccc(Cl)c2)ccc1OCc1cccc(Cl)c1. The molecule has 6 heteroatoms. The molecule has 0 saturated heterocycles. The molecule has 0 bridgehead atoms. The fourth-order valence-corrected chi connectivity index (χ4v) is 2.92. The van der Waals surface area contributed by atoms with Crippen LogP contribution in [0.15, 0.2) is 71.8 Å². The Kier molecular flexibility index (Phi) is 7.18. The summed E-state index contributed by atoms with van der Waals surface area (Å²) in [6, 6.07) is 20.6. The van der Waals surface area contributed by atoms with Crippen molar-refractivity contribution in [3.63, 3.8) is 0 Å². The maximum atomic E-state index is 6.02. The molecule has 0 fully saturated rings. The number of halogens is 2. The first-order valence-corrected chi connectivity index (χ1v) is 9.58. The van der Waals surface area contributed by atoms with Crippen LogP contribution >= 0.6 is 23.2 Å². The molecule has 28 heavy (non-hydrogen) atoms. The lowest BCUT2D eigenvalue weighted by Gasteiger charge is -2.13. The van der Waals surface area contributed by atoms with Crippen LogP contribution in [0.4, 0.5) is 5.69 Å². The summed E-state index contributed by atoms with van der Waals surface area (Å²) >= 11 is 12.0. The molecule has 4 nitrogen and oxygen atoms in total. The number of ether oxygens (including phenoxy) is 2. The van der Waals surface area contributed by atoms with Crippen molar-refractivity contribution in [1.29, 1.82) is 0 Å².